The van der Waals surface area contributed by atoms with Crippen LogP contribution in [-0.2, 0) is 32.3 Å². The maximum Gasteiger partial charge on any atom is 0.230 e. The number of carbonyl (C=O) groups excluding carboxylic acids is 2. The molecule has 2 aromatic carbocycles. The fourth-order valence-electron chi connectivity index (χ4n) is 4.02. The van der Waals surface area contributed by atoms with E-state index >= 15 is 0 Å². The van der Waals surface area contributed by atoms with Gasteiger partial charge in [0.25, 0.3) is 0 Å². The molecule has 0 aromatic heterocycles. The molecule has 164 valence electrons. The van der Waals surface area contributed by atoms with Crippen molar-refractivity contribution in [3.63, 3.8) is 0 Å². The third-order valence-electron chi connectivity index (χ3n) is 6.09. The summed E-state index contributed by atoms with van der Waals surface area (Å²) in [4.78, 5) is 26.9. The summed E-state index contributed by atoms with van der Waals surface area (Å²) in [6.07, 6.45) is 3.28. The topological polar surface area (TPSA) is 83.6 Å². The smallest absolute Gasteiger partial charge is 0.230 e. The minimum absolute atomic E-state index is 0.123. The predicted molar refractivity (Wildman–Crippen MR) is 121 cm³/mol. The summed E-state index contributed by atoms with van der Waals surface area (Å²) in [6, 6.07) is 12.5. The van der Waals surface area contributed by atoms with Crippen molar-refractivity contribution < 1.29 is 18.0 Å². The molecule has 1 saturated carbocycles. The van der Waals surface area contributed by atoms with Crippen LogP contribution in [0.5, 0.6) is 0 Å². The van der Waals surface area contributed by atoms with Crippen LogP contribution in [0.3, 0.4) is 0 Å². The SMILES string of the molecule is CCc1cccc(NC(=O)C[C@@H](C)S(=O)(=O)c2ccc3c(c2)CCN3C(=O)C2CC2)c1. The number of anilines is 2. The molecule has 0 spiro atoms. The Balaban J connectivity index is 1.45. The predicted octanol–water partition coefficient (Wildman–Crippen LogP) is 3.74. The normalized spacial score (nSPS) is 16.6. The van der Waals surface area contributed by atoms with E-state index in [0.717, 1.165) is 36.1 Å². The summed E-state index contributed by atoms with van der Waals surface area (Å²) < 4.78 is 26.2. The number of hydrogen-bond donors (Lipinski definition) is 1. The van der Waals surface area contributed by atoms with Gasteiger partial charge in [0.15, 0.2) is 9.84 Å². The largest absolute Gasteiger partial charge is 0.326 e. The van der Waals surface area contributed by atoms with Crippen molar-refractivity contribution >= 4 is 33.0 Å². The Bertz CT molecular complexity index is 1120. The summed E-state index contributed by atoms with van der Waals surface area (Å²) in [6.45, 7) is 4.20. The molecule has 1 fully saturated rings. The second kappa shape index (κ2) is 8.46. The standard InChI is InChI=1S/C24H28N2O4S/c1-3-17-5-4-6-20(14-17)25-23(27)13-16(2)31(29,30)21-9-10-22-19(15-21)11-12-26(22)24(28)18-7-8-18/h4-6,9-10,14-16,18H,3,7-8,11-13H2,1-2H3,(H,25,27)/t16-/m1/s1. The Kier molecular flexibility index (Phi) is 5.88. The van der Waals surface area contributed by atoms with Crippen LogP contribution in [0.25, 0.3) is 0 Å². The molecular formula is C24H28N2O4S. The van der Waals surface area contributed by atoms with Crippen molar-refractivity contribution in [2.45, 2.75) is 56.1 Å². The number of aryl methyl sites for hydroxylation is 1. The van der Waals surface area contributed by atoms with Gasteiger partial charge in [0.05, 0.1) is 10.1 Å². The molecular weight excluding hydrogens is 412 g/mol. The number of benzene rings is 2. The molecule has 1 N–H and O–H groups in total. The fraction of sp³-hybridized carbons (Fsp3) is 0.417. The molecule has 7 heteroatoms. The lowest BCUT2D eigenvalue weighted by Gasteiger charge is -2.18. The molecule has 2 aliphatic rings. The van der Waals surface area contributed by atoms with Gasteiger partial charge < -0.3 is 10.2 Å². The van der Waals surface area contributed by atoms with Gasteiger partial charge in [-0.05, 0) is 74.1 Å². The molecule has 1 atom stereocenters. The average molecular weight is 441 g/mol. The molecule has 1 heterocycles. The molecule has 0 unspecified atom stereocenters. The first-order valence-corrected chi connectivity index (χ1v) is 12.4. The van der Waals surface area contributed by atoms with Crippen molar-refractivity contribution in [2.24, 2.45) is 5.92 Å². The molecule has 1 aliphatic carbocycles. The second-order valence-electron chi connectivity index (χ2n) is 8.47. The van der Waals surface area contributed by atoms with E-state index < -0.39 is 15.1 Å². The van der Waals surface area contributed by atoms with E-state index in [4.69, 9.17) is 0 Å². The van der Waals surface area contributed by atoms with Crippen LogP contribution in [0.1, 0.15) is 44.2 Å². The monoisotopic (exact) mass is 440 g/mol. The van der Waals surface area contributed by atoms with Crippen molar-refractivity contribution in [3.05, 3.63) is 53.6 Å². The Hall–Kier alpha value is -2.67. The second-order valence-corrected chi connectivity index (χ2v) is 10.8. The van der Waals surface area contributed by atoms with Gasteiger partial charge in [-0.3, -0.25) is 9.59 Å². The van der Waals surface area contributed by atoms with E-state index in [9.17, 15) is 18.0 Å². The molecule has 2 amide bonds. The van der Waals surface area contributed by atoms with Gasteiger partial charge >= 0.3 is 0 Å². The third kappa shape index (κ3) is 4.51. The van der Waals surface area contributed by atoms with E-state index in [1.165, 1.54) is 0 Å². The number of nitrogens with one attached hydrogen (secondary N) is 1. The first-order valence-electron chi connectivity index (χ1n) is 10.9. The Morgan fingerprint density at radius 2 is 1.94 bits per heavy atom. The van der Waals surface area contributed by atoms with Crippen LogP contribution >= 0.6 is 0 Å². The summed E-state index contributed by atoms with van der Waals surface area (Å²) in [5.74, 6) is -0.0517. The number of nitrogens with zero attached hydrogens (tertiary/aromatic N) is 1. The van der Waals surface area contributed by atoms with Crippen LogP contribution in [0.4, 0.5) is 11.4 Å². The lowest BCUT2D eigenvalue weighted by molar-refractivity contribution is -0.119. The van der Waals surface area contributed by atoms with E-state index in [-0.39, 0.29) is 29.0 Å². The molecule has 2 aromatic rings. The summed E-state index contributed by atoms with van der Waals surface area (Å²) in [5.41, 5.74) is 3.47. The van der Waals surface area contributed by atoms with Crippen molar-refractivity contribution in [2.75, 3.05) is 16.8 Å². The third-order valence-corrected chi connectivity index (χ3v) is 8.23. The minimum Gasteiger partial charge on any atom is -0.326 e. The Morgan fingerprint density at radius 3 is 2.65 bits per heavy atom. The Morgan fingerprint density at radius 1 is 1.16 bits per heavy atom. The highest BCUT2D eigenvalue weighted by atomic mass is 32.2. The zero-order valence-electron chi connectivity index (χ0n) is 17.9. The number of amides is 2. The first-order chi connectivity index (χ1) is 14.8. The number of hydrogen-bond acceptors (Lipinski definition) is 4. The zero-order valence-corrected chi connectivity index (χ0v) is 18.7. The van der Waals surface area contributed by atoms with Gasteiger partial charge in [-0.2, -0.15) is 0 Å². The molecule has 0 radical (unpaired) electrons. The summed E-state index contributed by atoms with van der Waals surface area (Å²) >= 11 is 0. The highest BCUT2D eigenvalue weighted by Gasteiger charge is 2.37. The average Bonchev–Trinajstić information content (AvgIpc) is 3.52. The van der Waals surface area contributed by atoms with Gasteiger partial charge in [0.1, 0.15) is 0 Å². The number of carbonyl (C=O) groups is 2. The molecule has 1 aliphatic heterocycles. The van der Waals surface area contributed by atoms with E-state index in [2.05, 4.69) is 5.32 Å². The minimum atomic E-state index is -3.67. The maximum atomic E-state index is 13.1. The number of rotatable bonds is 7. The highest BCUT2D eigenvalue weighted by molar-refractivity contribution is 7.92. The van der Waals surface area contributed by atoms with Crippen LogP contribution in [0.2, 0.25) is 0 Å². The maximum absolute atomic E-state index is 13.1. The molecule has 0 saturated heterocycles. The molecule has 4 rings (SSSR count). The van der Waals surface area contributed by atoms with E-state index in [0.29, 0.717) is 18.7 Å². The quantitative estimate of drug-likeness (QED) is 0.711. The Labute approximate surface area is 183 Å². The molecule has 31 heavy (non-hydrogen) atoms. The van der Waals surface area contributed by atoms with Crippen LogP contribution < -0.4 is 10.2 Å². The van der Waals surface area contributed by atoms with Gasteiger partial charge in [-0.15, -0.1) is 0 Å². The van der Waals surface area contributed by atoms with Gasteiger partial charge in [-0.1, -0.05) is 19.1 Å². The summed E-state index contributed by atoms with van der Waals surface area (Å²) in [7, 11) is -3.67. The van der Waals surface area contributed by atoms with Crippen LogP contribution in [0, 0.1) is 5.92 Å². The van der Waals surface area contributed by atoms with Crippen LogP contribution in [0.15, 0.2) is 47.4 Å². The number of sulfone groups is 1. The summed E-state index contributed by atoms with van der Waals surface area (Å²) in [5, 5.41) is 1.94. The number of fused-ring (bicyclic) bond motifs is 1. The van der Waals surface area contributed by atoms with E-state index in [1.807, 2.05) is 25.1 Å². The van der Waals surface area contributed by atoms with Gasteiger partial charge in [0, 0.05) is 30.3 Å². The van der Waals surface area contributed by atoms with Crippen molar-refractivity contribution in [1.82, 2.24) is 0 Å². The lowest BCUT2D eigenvalue weighted by atomic mass is 10.1. The molecule has 6 nitrogen and oxygen atoms in total. The first kappa shape index (κ1) is 21.6. The van der Waals surface area contributed by atoms with Gasteiger partial charge in [0.2, 0.25) is 11.8 Å². The van der Waals surface area contributed by atoms with Crippen molar-refractivity contribution in [3.8, 4) is 0 Å². The van der Waals surface area contributed by atoms with Crippen molar-refractivity contribution in [1.29, 1.82) is 0 Å². The lowest BCUT2D eigenvalue weighted by Crippen LogP contribution is -2.30. The fourth-order valence-corrected chi connectivity index (χ4v) is 5.42. The van der Waals surface area contributed by atoms with Crippen LogP contribution in [-0.4, -0.2) is 32.0 Å². The van der Waals surface area contributed by atoms with Gasteiger partial charge in [-0.25, -0.2) is 8.42 Å². The zero-order chi connectivity index (χ0) is 22.2. The molecule has 0 bridgehead atoms. The van der Waals surface area contributed by atoms with E-state index in [1.54, 1.807) is 36.1 Å². The highest BCUT2D eigenvalue weighted by Crippen LogP contribution is 2.37.